The van der Waals surface area contributed by atoms with Gasteiger partial charge in [-0.2, -0.15) is 18.2 Å². The van der Waals surface area contributed by atoms with E-state index in [9.17, 15) is 13.2 Å². The summed E-state index contributed by atoms with van der Waals surface area (Å²) in [5.41, 5.74) is 5.58. The molecule has 0 aliphatic rings. The molecule has 0 saturated carbocycles. The van der Waals surface area contributed by atoms with E-state index < -0.39 is 12.6 Å². The first-order chi connectivity index (χ1) is 7.40. The Balaban J connectivity index is 2.51. The molecule has 1 aromatic rings. The zero-order valence-corrected chi connectivity index (χ0v) is 8.62. The van der Waals surface area contributed by atoms with Crippen molar-refractivity contribution in [1.29, 1.82) is 0 Å². The standard InChI is InChI=1S/C8H12F3N3O2/c1-15-4-5(12)2-7-13-6(14-16-7)3-8(9,10)11/h5H,2-4,12H2,1H3. The van der Waals surface area contributed by atoms with E-state index in [1.165, 1.54) is 7.11 Å². The van der Waals surface area contributed by atoms with Gasteiger partial charge in [0.25, 0.3) is 0 Å². The smallest absolute Gasteiger partial charge is 0.383 e. The van der Waals surface area contributed by atoms with Crippen LogP contribution in [0, 0.1) is 0 Å². The average molecular weight is 239 g/mol. The first-order valence-electron chi connectivity index (χ1n) is 4.53. The molecule has 1 rings (SSSR count). The van der Waals surface area contributed by atoms with Crippen LogP contribution >= 0.6 is 0 Å². The van der Waals surface area contributed by atoms with Crippen LogP contribution in [0.2, 0.25) is 0 Å². The highest BCUT2D eigenvalue weighted by Gasteiger charge is 2.30. The Hall–Kier alpha value is -1.15. The Labute approximate surface area is 89.8 Å². The third-order valence-corrected chi connectivity index (χ3v) is 1.69. The first-order valence-corrected chi connectivity index (χ1v) is 4.53. The second-order valence-electron chi connectivity index (χ2n) is 3.32. The molecule has 0 fully saturated rings. The van der Waals surface area contributed by atoms with Crippen LogP contribution in [0.15, 0.2) is 4.52 Å². The molecule has 0 aromatic carbocycles. The molecule has 0 radical (unpaired) electrons. The summed E-state index contributed by atoms with van der Waals surface area (Å²) in [6.07, 6.45) is -5.34. The van der Waals surface area contributed by atoms with Crippen LogP contribution in [0.3, 0.4) is 0 Å². The van der Waals surface area contributed by atoms with E-state index in [1.807, 2.05) is 0 Å². The zero-order chi connectivity index (χ0) is 12.2. The number of aromatic nitrogens is 2. The highest BCUT2D eigenvalue weighted by Crippen LogP contribution is 2.19. The monoisotopic (exact) mass is 239 g/mol. The molecule has 1 heterocycles. The Morgan fingerprint density at radius 3 is 2.75 bits per heavy atom. The molecule has 5 nitrogen and oxygen atoms in total. The molecule has 0 bridgehead atoms. The number of ether oxygens (including phenoxy) is 1. The summed E-state index contributed by atoms with van der Waals surface area (Å²) < 4.78 is 45.3. The number of hydrogen-bond donors (Lipinski definition) is 1. The van der Waals surface area contributed by atoms with Gasteiger partial charge in [0.1, 0.15) is 6.42 Å². The van der Waals surface area contributed by atoms with Crippen LogP contribution in [-0.4, -0.2) is 36.1 Å². The van der Waals surface area contributed by atoms with E-state index in [-0.39, 0.29) is 30.8 Å². The van der Waals surface area contributed by atoms with E-state index in [2.05, 4.69) is 14.7 Å². The maximum absolute atomic E-state index is 12.0. The molecule has 16 heavy (non-hydrogen) atoms. The van der Waals surface area contributed by atoms with Crippen molar-refractivity contribution in [2.45, 2.75) is 25.1 Å². The van der Waals surface area contributed by atoms with Gasteiger partial charge in [-0.25, -0.2) is 0 Å². The van der Waals surface area contributed by atoms with Crippen LogP contribution in [0.1, 0.15) is 11.7 Å². The van der Waals surface area contributed by atoms with Crippen molar-refractivity contribution in [2.24, 2.45) is 5.73 Å². The van der Waals surface area contributed by atoms with Gasteiger partial charge in [0.2, 0.25) is 5.89 Å². The normalized spacial score (nSPS) is 14.1. The minimum atomic E-state index is -4.34. The predicted octanol–water partition coefficient (Wildman–Crippen LogP) is 0.691. The fraction of sp³-hybridized carbons (Fsp3) is 0.750. The molecular weight excluding hydrogens is 227 g/mol. The lowest BCUT2D eigenvalue weighted by Gasteiger charge is -2.05. The SMILES string of the molecule is COCC(N)Cc1nc(CC(F)(F)F)no1. The van der Waals surface area contributed by atoms with Crippen molar-refractivity contribution in [2.75, 3.05) is 13.7 Å². The van der Waals surface area contributed by atoms with Crippen molar-refractivity contribution in [3.63, 3.8) is 0 Å². The topological polar surface area (TPSA) is 74.2 Å². The highest BCUT2D eigenvalue weighted by atomic mass is 19.4. The lowest BCUT2D eigenvalue weighted by molar-refractivity contribution is -0.128. The quantitative estimate of drug-likeness (QED) is 0.818. The second kappa shape index (κ2) is 5.26. The molecule has 0 spiro atoms. The van der Waals surface area contributed by atoms with Crippen molar-refractivity contribution in [3.8, 4) is 0 Å². The number of hydrogen-bond acceptors (Lipinski definition) is 5. The summed E-state index contributed by atoms with van der Waals surface area (Å²) in [5.74, 6) is -0.295. The Morgan fingerprint density at radius 2 is 2.19 bits per heavy atom. The minimum absolute atomic E-state index is 0.0869. The summed E-state index contributed by atoms with van der Waals surface area (Å²) in [5, 5.41) is 3.21. The zero-order valence-electron chi connectivity index (χ0n) is 8.62. The van der Waals surface area contributed by atoms with Gasteiger partial charge in [0, 0.05) is 19.6 Å². The first kappa shape index (κ1) is 12.9. The molecule has 0 saturated heterocycles. The Kier molecular flexibility index (Phi) is 4.25. The van der Waals surface area contributed by atoms with Crippen LogP contribution in [0.25, 0.3) is 0 Å². The van der Waals surface area contributed by atoms with E-state index >= 15 is 0 Å². The van der Waals surface area contributed by atoms with Gasteiger partial charge < -0.3 is 15.0 Å². The predicted molar refractivity (Wildman–Crippen MR) is 47.6 cm³/mol. The molecule has 1 unspecified atom stereocenters. The van der Waals surface area contributed by atoms with E-state index in [1.54, 1.807) is 0 Å². The van der Waals surface area contributed by atoms with Crippen LogP contribution in [-0.2, 0) is 17.6 Å². The number of alkyl halides is 3. The second-order valence-corrected chi connectivity index (χ2v) is 3.32. The largest absolute Gasteiger partial charge is 0.396 e. The van der Waals surface area contributed by atoms with Crippen molar-refractivity contribution in [3.05, 3.63) is 11.7 Å². The van der Waals surface area contributed by atoms with Crippen LogP contribution < -0.4 is 5.73 Å². The fourth-order valence-electron chi connectivity index (χ4n) is 1.12. The fourth-order valence-corrected chi connectivity index (χ4v) is 1.12. The van der Waals surface area contributed by atoms with Gasteiger partial charge in [-0.3, -0.25) is 0 Å². The molecule has 2 N–H and O–H groups in total. The highest BCUT2D eigenvalue weighted by molar-refractivity contribution is 4.90. The van der Waals surface area contributed by atoms with Gasteiger partial charge in [0.15, 0.2) is 5.82 Å². The molecule has 8 heteroatoms. The molecule has 0 amide bonds. The summed E-state index contributed by atoms with van der Waals surface area (Å²) in [7, 11) is 1.47. The molecule has 0 aliphatic heterocycles. The number of nitrogens with zero attached hydrogens (tertiary/aromatic N) is 2. The molecule has 92 valence electrons. The molecular formula is C8H12F3N3O2. The van der Waals surface area contributed by atoms with Crippen molar-refractivity contribution >= 4 is 0 Å². The lowest BCUT2D eigenvalue weighted by Crippen LogP contribution is -2.28. The summed E-state index contributed by atoms with van der Waals surface area (Å²) in [4.78, 5) is 3.58. The summed E-state index contributed by atoms with van der Waals surface area (Å²) >= 11 is 0. The maximum atomic E-state index is 12.0. The summed E-state index contributed by atoms with van der Waals surface area (Å²) in [6, 6.07) is -0.371. The average Bonchev–Trinajstić information content (AvgIpc) is 2.49. The van der Waals surface area contributed by atoms with Gasteiger partial charge in [-0.05, 0) is 0 Å². The van der Waals surface area contributed by atoms with Gasteiger partial charge in [0.05, 0.1) is 6.61 Å². The maximum Gasteiger partial charge on any atom is 0.396 e. The van der Waals surface area contributed by atoms with Crippen molar-refractivity contribution in [1.82, 2.24) is 10.1 Å². The van der Waals surface area contributed by atoms with E-state index in [0.29, 0.717) is 0 Å². The molecule has 1 aromatic heterocycles. The minimum Gasteiger partial charge on any atom is -0.383 e. The lowest BCUT2D eigenvalue weighted by atomic mass is 10.2. The Morgan fingerprint density at radius 1 is 1.50 bits per heavy atom. The number of rotatable bonds is 5. The molecule has 0 aliphatic carbocycles. The van der Waals surface area contributed by atoms with Gasteiger partial charge in [-0.1, -0.05) is 5.16 Å². The van der Waals surface area contributed by atoms with E-state index in [4.69, 9.17) is 10.5 Å². The Bertz CT molecular complexity index is 327. The third-order valence-electron chi connectivity index (χ3n) is 1.69. The van der Waals surface area contributed by atoms with Gasteiger partial charge in [-0.15, -0.1) is 0 Å². The van der Waals surface area contributed by atoms with Crippen LogP contribution in [0.5, 0.6) is 0 Å². The summed E-state index contributed by atoms with van der Waals surface area (Å²) in [6.45, 7) is 0.275. The van der Waals surface area contributed by atoms with Crippen LogP contribution in [0.4, 0.5) is 13.2 Å². The van der Waals surface area contributed by atoms with Crippen molar-refractivity contribution < 1.29 is 22.4 Å². The number of halogens is 3. The number of methoxy groups -OCH3 is 1. The number of nitrogens with two attached hydrogens (primary N) is 1. The third kappa shape index (κ3) is 4.58. The van der Waals surface area contributed by atoms with Gasteiger partial charge >= 0.3 is 6.18 Å². The molecule has 1 atom stereocenters. The van der Waals surface area contributed by atoms with E-state index in [0.717, 1.165) is 0 Å².